The van der Waals surface area contributed by atoms with Crippen LogP contribution in [0.25, 0.3) is 10.9 Å². The predicted octanol–water partition coefficient (Wildman–Crippen LogP) is 3.41. The summed E-state index contributed by atoms with van der Waals surface area (Å²) in [6.45, 7) is 0. The molecule has 98 valence electrons. The molecule has 1 aromatic carbocycles. The van der Waals surface area contributed by atoms with Crippen molar-refractivity contribution in [1.29, 1.82) is 0 Å². The molecule has 1 heterocycles. The number of nitrogens with one attached hydrogen (secondary N) is 1. The summed E-state index contributed by atoms with van der Waals surface area (Å²) < 4.78 is 5.25. The van der Waals surface area contributed by atoms with Crippen molar-refractivity contribution in [3.63, 3.8) is 0 Å². The number of rotatable bonds is 3. The Morgan fingerprint density at radius 1 is 1.26 bits per heavy atom. The number of hydrogen-bond acceptors (Lipinski definition) is 2. The van der Waals surface area contributed by atoms with E-state index >= 15 is 0 Å². The zero-order chi connectivity index (χ0) is 13.0. The number of carbonyl (C=O) groups is 1. The van der Waals surface area contributed by atoms with E-state index in [0.717, 1.165) is 46.9 Å². The molecule has 0 amide bonds. The largest absolute Gasteiger partial charge is 0.497 e. The Kier molecular flexibility index (Phi) is 2.25. The number of aromatic amines is 1. The van der Waals surface area contributed by atoms with Crippen molar-refractivity contribution in [2.45, 2.75) is 19.3 Å². The Morgan fingerprint density at radius 3 is 2.79 bits per heavy atom. The minimum absolute atomic E-state index is 0.244. The second kappa shape index (κ2) is 3.86. The molecule has 19 heavy (non-hydrogen) atoms. The molecule has 4 rings (SSSR count). The fraction of sp³-hybridized carbons (Fsp3) is 0.438. The summed E-state index contributed by atoms with van der Waals surface area (Å²) in [6, 6.07) is 5.84. The topological polar surface area (TPSA) is 42.1 Å². The molecule has 2 fully saturated rings. The van der Waals surface area contributed by atoms with Crippen LogP contribution in [0.2, 0.25) is 0 Å². The second-order valence-electron chi connectivity index (χ2n) is 5.90. The van der Waals surface area contributed by atoms with Gasteiger partial charge in [0, 0.05) is 28.6 Å². The molecule has 0 radical (unpaired) electrons. The van der Waals surface area contributed by atoms with Gasteiger partial charge in [-0.1, -0.05) is 0 Å². The molecule has 1 N–H and O–H groups in total. The van der Waals surface area contributed by atoms with Gasteiger partial charge in [0.25, 0.3) is 0 Å². The summed E-state index contributed by atoms with van der Waals surface area (Å²) in [4.78, 5) is 15.8. The second-order valence-corrected chi connectivity index (χ2v) is 5.90. The summed E-state index contributed by atoms with van der Waals surface area (Å²) in [5, 5.41) is 0.991. The van der Waals surface area contributed by atoms with E-state index in [9.17, 15) is 4.79 Å². The first-order valence-corrected chi connectivity index (χ1v) is 6.95. The monoisotopic (exact) mass is 255 g/mol. The Morgan fingerprint density at radius 2 is 2.05 bits per heavy atom. The van der Waals surface area contributed by atoms with E-state index < -0.39 is 0 Å². The Bertz CT molecular complexity index is 648. The van der Waals surface area contributed by atoms with Gasteiger partial charge < -0.3 is 9.72 Å². The van der Waals surface area contributed by atoms with Gasteiger partial charge in [0.2, 0.25) is 0 Å². The molecule has 2 saturated carbocycles. The molecule has 2 unspecified atom stereocenters. The van der Waals surface area contributed by atoms with E-state index in [2.05, 4.69) is 4.98 Å². The van der Waals surface area contributed by atoms with Gasteiger partial charge in [0.05, 0.1) is 7.11 Å². The molecule has 2 aromatic rings. The molecular formula is C16H17NO2. The molecule has 0 spiro atoms. The van der Waals surface area contributed by atoms with E-state index in [1.165, 1.54) is 6.42 Å². The number of ketones is 1. The first kappa shape index (κ1) is 11.1. The zero-order valence-corrected chi connectivity index (χ0v) is 11.0. The third kappa shape index (κ3) is 1.68. The first-order valence-electron chi connectivity index (χ1n) is 6.95. The summed E-state index contributed by atoms with van der Waals surface area (Å²) in [6.07, 6.45) is 5.40. The maximum atomic E-state index is 12.6. The molecule has 1 aromatic heterocycles. The van der Waals surface area contributed by atoms with Gasteiger partial charge in [-0.3, -0.25) is 4.79 Å². The lowest BCUT2D eigenvalue weighted by molar-refractivity contribution is 0.0916. The average Bonchev–Trinajstić information content (AvgIpc) is 2.89. The summed E-state index contributed by atoms with van der Waals surface area (Å²) >= 11 is 0. The van der Waals surface area contributed by atoms with Crippen LogP contribution in [0.15, 0.2) is 24.4 Å². The zero-order valence-electron chi connectivity index (χ0n) is 11.0. The molecule has 2 atom stereocenters. The predicted molar refractivity (Wildman–Crippen MR) is 73.5 cm³/mol. The van der Waals surface area contributed by atoms with Gasteiger partial charge in [-0.2, -0.15) is 0 Å². The van der Waals surface area contributed by atoms with E-state index in [1.807, 2.05) is 24.4 Å². The number of ether oxygens (including phenoxy) is 1. The average molecular weight is 255 g/mol. The van der Waals surface area contributed by atoms with Crippen molar-refractivity contribution >= 4 is 16.7 Å². The normalized spacial score (nSPS) is 28.4. The summed E-state index contributed by atoms with van der Waals surface area (Å²) in [7, 11) is 1.65. The molecular weight excluding hydrogens is 238 g/mol. The highest BCUT2D eigenvalue weighted by Gasteiger charge is 2.48. The number of benzene rings is 1. The highest BCUT2D eigenvalue weighted by Crippen LogP contribution is 2.55. The number of methoxy groups -OCH3 is 1. The van der Waals surface area contributed by atoms with Crippen molar-refractivity contribution in [2.24, 2.45) is 17.8 Å². The lowest BCUT2D eigenvalue weighted by atomic mass is 9.93. The quantitative estimate of drug-likeness (QED) is 0.854. The number of H-pyrrole nitrogens is 1. The lowest BCUT2D eigenvalue weighted by Gasteiger charge is -2.09. The van der Waals surface area contributed by atoms with E-state index in [0.29, 0.717) is 5.78 Å². The summed E-state index contributed by atoms with van der Waals surface area (Å²) in [5.74, 6) is 3.04. The van der Waals surface area contributed by atoms with Gasteiger partial charge >= 0.3 is 0 Å². The SMILES string of the molecule is COc1ccc2[nH]cc(C(=O)C3CC4CC4C3)c2c1. The van der Waals surface area contributed by atoms with Gasteiger partial charge in [0.15, 0.2) is 5.78 Å². The fourth-order valence-corrected chi connectivity index (χ4v) is 3.58. The number of fused-ring (bicyclic) bond motifs is 2. The van der Waals surface area contributed by atoms with Gasteiger partial charge in [-0.15, -0.1) is 0 Å². The van der Waals surface area contributed by atoms with Gasteiger partial charge in [-0.05, 0) is 49.3 Å². The molecule has 2 aliphatic carbocycles. The van der Waals surface area contributed by atoms with E-state index in [4.69, 9.17) is 4.74 Å². The van der Waals surface area contributed by atoms with Crippen LogP contribution in [0, 0.1) is 17.8 Å². The Hall–Kier alpha value is -1.77. The van der Waals surface area contributed by atoms with Crippen LogP contribution in [0.1, 0.15) is 29.6 Å². The van der Waals surface area contributed by atoms with Crippen LogP contribution in [0.4, 0.5) is 0 Å². The first-order chi connectivity index (χ1) is 9.26. The van der Waals surface area contributed by atoms with Crippen molar-refractivity contribution in [3.8, 4) is 5.75 Å². The smallest absolute Gasteiger partial charge is 0.168 e. The lowest BCUT2D eigenvalue weighted by Crippen LogP contribution is -2.12. The van der Waals surface area contributed by atoms with Crippen molar-refractivity contribution in [2.75, 3.05) is 7.11 Å². The van der Waals surface area contributed by atoms with Crippen LogP contribution >= 0.6 is 0 Å². The number of carbonyl (C=O) groups excluding carboxylic acids is 1. The highest BCUT2D eigenvalue weighted by molar-refractivity contribution is 6.09. The third-order valence-electron chi connectivity index (χ3n) is 4.77. The number of hydrogen-bond donors (Lipinski definition) is 1. The molecule has 2 aliphatic rings. The van der Waals surface area contributed by atoms with Crippen LogP contribution in [0.3, 0.4) is 0 Å². The maximum Gasteiger partial charge on any atom is 0.168 e. The Labute approximate surface area is 112 Å². The summed E-state index contributed by atoms with van der Waals surface area (Å²) in [5.41, 5.74) is 1.84. The van der Waals surface area contributed by atoms with Crippen molar-refractivity contribution < 1.29 is 9.53 Å². The minimum Gasteiger partial charge on any atom is -0.497 e. The van der Waals surface area contributed by atoms with Crippen LogP contribution < -0.4 is 4.74 Å². The van der Waals surface area contributed by atoms with Crippen LogP contribution in [-0.2, 0) is 0 Å². The fourth-order valence-electron chi connectivity index (χ4n) is 3.58. The van der Waals surface area contributed by atoms with Gasteiger partial charge in [0.1, 0.15) is 5.75 Å². The molecule has 3 nitrogen and oxygen atoms in total. The Balaban J connectivity index is 1.71. The number of aromatic nitrogens is 1. The third-order valence-corrected chi connectivity index (χ3v) is 4.77. The van der Waals surface area contributed by atoms with Crippen LogP contribution in [0.5, 0.6) is 5.75 Å². The standard InChI is InChI=1S/C16H17NO2/c1-19-12-2-3-15-13(7-12)14(8-17-15)16(18)11-5-9-4-10(9)6-11/h2-3,7-11,17H,4-6H2,1H3. The minimum atomic E-state index is 0.244. The molecule has 0 aliphatic heterocycles. The molecule has 0 saturated heterocycles. The van der Waals surface area contributed by atoms with E-state index in [-0.39, 0.29) is 5.92 Å². The van der Waals surface area contributed by atoms with E-state index in [1.54, 1.807) is 7.11 Å². The highest BCUT2D eigenvalue weighted by atomic mass is 16.5. The molecule has 3 heteroatoms. The van der Waals surface area contributed by atoms with Crippen LogP contribution in [-0.4, -0.2) is 17.9 Å². The van der Waals surface area contributed by atoms with Crippen molar-refractivity contribution in [1.82, 2.24) is 4.98 Å². The number of Topliss-reactive ketones (excluding diaryl/α,β-unsaturated/α-hetero) is 1. The van der Waals surface area contributed by atoms with Gasteiger partial charge in [-0.25, -0.2) is 0 Å². The molecule has 0 bridgehead atoms. The van der Waals surface area contributed by atoms with Crippen molar-refractivity contribution in [3.05, 3.63) is 30.0 Å². The maximum absolute atomic E-state index is 12.6.